The van der Waals surface area contributed by atoms with Crippen LogP contribution < -0.4 is 15.6 Å². The van der Waals surface area contributed by atoms with Gasteiger partial charge in [0, 0.05) is 37.2 Å². The van der Waals surface area contributed by atoms with E-state index >= 15 is 0 Å². The Labute approximate surface area is 168 Å². The van der Waals surface area contributed by atoms with Crippen LogP contribution in [0.15, 0.2) is 62.4 Å². The minimum absolute atomic E-state index is 0.164. The number of fused-ring (bicyclic) bond motifs is 1. The number of nitrogens with one attached hydrogen (secondary N) is 1. The van der Waals surface area contributed by atoms with E-state index in [1.54, 1.807) is 49.9 Å². The van der Waals surface area contributed by atoms with Crippen molar-refractivity contribution >= 4 is 38.6 Å². The normalized spacial score (nSPS) is 18.0. The average molecular weight is 442 g/mol. The second-order valence-electron chi connectivity index (χ2n) is 6.17. The summed E-state index contributed by atoms with van der Waals surface area (Å²) in [6.45, 7) is 1.97. The van der Waals surface area contributed by atoms with Gasteiger partial charge in [-0.15, -0.1) is 5.11 Å². The van der Waals surface area contributed by atoms with Gasteiger partial charge in [-0.1, -0.05) is 6.92 Å². The molecule has 3 aromatic rings. The highest BCUT2D eigenvalue weighted by molar-refractivity contribution is 9.10. The average Bonchev–Trinajstić information content (AvgIpc) is 3.17. The van der Waals surface area contributed by atoms with Crippen LogP contribution in [0, 0.1) is 0 Å². The fourth-order valence-corrected chi connectivity index (χ4v) is 3.23. The van der Waals surface area contributed by atoms with E-state index in [4.69, 9.17) is 4.74 Å². The summed E-state index contributed by atoms with van der Waals surface area (Å²) < 4.78 is 7.79. The monoisotopic (exact) mass is 441 g/mol. The topological polar surface area (TPSA) is 107 Å². The van der Waals surface area contributed by atoms with Crippen molar-refractivity contribution in [3.63, 3.8) is 0 Å². The summed E-state index contributed by atoms with van der Waals surface area (Å²) in [6.07, 6.45) is 7.33. The molecule has 1 atom stereocenters. The van der Waals surface area contributed by atoms with Gasteiger partial charge in [0.2, 0.25) is 17.6 Å². The third-order valence-corrected chi connectivity index (χ3v) is 4.88. The van der Waals surface area contributed by atoms with Crippen LogP contribution >= 0.6 is 15.9 Å². The van der Waals surface area contributed by atoms with Crippen molar-refractivity contribution in [3.05, 3.63) is 57.7 Å². The van der Waals surface area contributed by atoms with Crippen LogP contribution in [-0.4, -0.2) is 25.2 Å². The van der Waals surface area contributed by atoms with Gasteiger partial charge >= 0.3 is 0 Å². The lowest BCUT2D eigenvalue weighted by Gasteiger charge is -2.21. The highest BCUT2D eigenvalue weighted by Gasteiger charge is 2.30. The van der Waals surface area contributed by atoms with E-state index in [9.17, 15) is 4.79 Å². The van der Waals surface area contributed by atoms with Gasteiger partial charge in [-0.3, -0.25) is 9.36 Å². The van der Waals surface area contributed by atoms with E-state index in [0.29, 0.717) is 34.1 Å². The van der Waals surface area contributed by atoms with Gasteiger partial charge in [0.05, 0.1) is 22.6 Å². The Morgan fingerprint density at radius 1 is 1.29 bits per heavy atom. The van der Waals surface area contributed by atoms with E-state index < -0.39 is 5.72 Å². The van der Waals surface area contributed by atoms with Gasteiger partial charge in [-0.25, -0.2) is 9.97 Å². The van der Waals surface area contributed by atoms with E-state index in [0.717, 1.165) is 5.39 Å². The Kier molecular flexibility index (Phi) is 4.63. The molecule has 0 aromatic carbocycles. The van der Waals surface area contributed by atoms with Crippen molar-refractivity contribution in [1.29, 1.82) is 0 Å². The predicted molar refractivity (Wildman–Crippen MR) is 108 cm³/mol. The maximum atomic E-state index is 12.1. The Bertz CT molecular complexity index is 1140. The van der Waals surface area contributed by atoms with Gasteiger partial charge in [-0.05, 0) is 28.1 Å². The largest absolute Gasteiger partial charge is 0.444 e. The fraction of sp³-hybridized carbons (Fsp3) is 0.222. The second-order valence-corrected chi connectivity index (χ2v) is 7.03. The molecule has 3 aromatic heterocycles. The van der Waals surface area contributed by atoms with E-state index in [1.165, 1.54) is 4.57 Å². The Balaban J connectivity index is 1.55. The molecule has 1 aliphatic heterocycles. The Hall–Kier alpha value is -3.14. The maximum absolute atomic E-state index is 12.1. The summed E-state index contributed by atoms with van der Waals surface area (Å²) in [5.41, 5.74) is 0.260. The number of azo groups is 1. The molecule has 0 fully saturated rings. The van der Waals surface area contributed by atoms with Crippen LogP contribution in [0.5, 0.6) is 5.88 Å². The molecule has 0 amide bonds. The number of aromatic nitrogens is 4. The van der Waals surface area contributed by atoms with Gasteiger partial charge < -0.3 is 10.1 Å². The summed E-state index contributed by atoms with van der Waals surface area (Å²) >= 11 is 3.24. The molecule has 1 N–H and O–H groups in total. The zero-order valence-electron chi connectivity index (χ0n) is 15.1. The van der Waals surface area contributed by atoms with Crippen molar-refractivity contribution in [2.24, 2.45) is 17.3 Å². The first-order chi connectivity index (χ1) is 13.5. The highest BCUT2D eigenvalue weighted by atomic mass is 79.9. The standard InChI is InChI=1S/C18H16BrN7O2/c1-3-18(6-7-22-25-18)28-14-5-4-12(10-20-14)23-17-21-9-11-8-13(19)16(27)26(2)15(11)24-17/h4-10H,3H2,1-2H3,(H,21,23,24). The van der Waals surface area contributed by atoms with Crippen molar-refractivity contribution in [2.45, 2.75) is 19.1 Å². The minimum Gasteiger partial charge on any atom is -0.444 e. The van der Waals surface area contributed by atoms with Crippen LogP contribution in [0.2, 0.25) is 0 Å². The van der Waals surface area contributed by atoms with Crippen molar-refractivity contribution in [1.82, 2.24) is 19.5 Å². The lowest BCUT2D eigenvalue weighted by molar-refractivity contribution is 0.117. The Morgan fingerprint density at radius 2 is 2.14 bits per heavy atom. The number of anilines is 2. The number of ether oxygens (including phenoxy) is 1. The molecule has 1 unspecified atom stereocenters. The van der Waals surface area contributed by atoms with Gasteiger partial charge in [0.15, 0.2) is 0 Å². The molecule has 0 bridgehead atoms. The van der Waals surface area contributed by atoms with Crippen molar-refractivity contribution in [3.8, 4) is 5.88 Å². The fourth-order valence-electron chi connectivity index (χ4n) is 2.72. The van der Waals surface area contributed by atoms with Gasteiger partial charge in [0.25, 0.3) is 5.56 Å². The number of pyridine rings is 2. The Morgan fingerprint density at radius 3 is 2.82 bits per heavy atom. The molecule has 0 saturated carbocycles. The van der Waals surface area contributed by atoms with Crippen LogP contribution in [0.1, 0.15) is 13.3 Å². The molecular weight excluding hydrogens is 426 g/mol. The van der Waals surface area contributed by atoms with E-state index in [2.05, 4.69) is 46.4 Å². The van der Waals surface area contributed by atoms with Crippen LogP contribution in [-0.2, 0) is 7.05 Å². The predicted octanol–water partition coefficient (Wildman–Crippen LogP) is 3.69. The first-order valence-corrected chi connectivity index (χ1v) is 9.33. The smallest absolute Gasteiger partial charge is 0.266 e. The zero-order valence-corrected chi connectivity index (χ0v) is 16.7. The first-order valence-electron chi connectivity index (χ1n) is 8.54. The molecule has 142 valence electrons. The highest BCUT2D eigenvalue weighted by Crippen LogP contribution is 2.27. The molecule has 4 rings (SSSR count). The molecular formula is C18H16BrN7O2. The molecule has 9 nitrogen and oxygen atoms in total. The number of aryl methyl sites for hydroxylation is 1. The van der Waals surface area contributed by atoms with Crippen LogP contribution in [0.4, 0.5) is 11.6 Å². The first kappa shape index (κ1) is 18.2. The lowest BCUT2D eigenvalue weighted by atomic mass is 10.2. The summed E-state index contributed by atoms with van der Waals surface area (Å²) in [4.78, 5) is 25.1. The molecule has 0 saturated heterocycles. The number of nitrogens with zero attached hydrogens (tertiary/aromatic N) is 6. The SMILES string of the molecule is CCC1(Oc2ccc(Nc3ncc4cc(Br)c(=O)n(C)c4n3)cn2)C=CN=N1. The van der Waals surface area contributed by atoms with Gasteiger partial charge in [-0.2, -0.15) is 10.1 Å². The minimum atomic E-state index is -0.789. The van der Waals surface area contributed by atoms with E-state index in [1.807, 2.05) is 6.92 Å². The zero-order chi connectivity index (χ0) is 19.7. The molecule has 0 spiro atoms. The van der Waals surface area contributed by atoms with Crippen molar-refractivity contribution < 1.29 is 4.74 Å². The molecule has 4 heterocycles. The summed E-state index contributed by atoms with van der Waals surface area (Å²) in [5, 5.41) is 11.8. The molecule has 28 heavy (non-hydrogen) atoms. The van der Waals surface area contributed by atoms with Crippen molar-refractivity contribution in [2.75, 3.05) is 5.32 Å². The summed E-state index contributed by atoms with van der Waals surface area (Å²) in [5.74, 6) is 0.794. The summed E-state index contributed by atoms with van der Waals surface area (Å²) in [6, 6.07) is 5.23. The molecule has 10 heteroatoms. The number of rotatable bonds is 5. The molecule has 0 aliphatic carbocycles. The van der Waals surface area contributed by atoms with E-state index in [-0.39, 0.29) is 5.56 Å². The van der Waals surface area contributed by atoms with Crippen LogP contribution in [0.25, 0.3) is 11.0 Å². The summed E-state index contributed by atoms with van der Waals surface area (Å²) in [7, 11) is 1.66. The second kappa shape index (κ2) is 7.12. The number of hydrogen-bond acceptors (Lipinski definition) is 8. The maximum Gasteiger partial charge on any atom is 0.266 e. The quantitative estimate of drug-likeness (QED) is 0.646. The number of hydrogen-bond donors (Lipinski definition) is 1. The van der Waals surface area contributed by atoms with Crippen LogP contribution in [0.3, 0.4) is 0 Å². The third kappa shape index (κ3) is 3.38. The van der Waals surface area contributed by atoms with Gasteiger partial charge in [0.1, 0.15) is 5.65 Å². The third-order valence-electron chi connectivity index (χ3n) is 4.31. The molecule has 1 aliphatic rings. The lowest BCUT2D eigenvalue weighted by Crippen LogP contribution is -2.29. The molecule has 0 radical (unpaired) electrons. The number of halogens is 1.